The Morgan fingerprint density at radius 3 is 2.35 bits per heavy atom. The molecular weight excluding hydrogens is 314 g/mol. The molecule has 132 valence electrons. The molecule has 2 aliphatic carbocycles. The Labute approximate surface area is 139 Å². The normalized spacial score (nSPS) is 34.3. The van der Waals surface area contributed by atoms with Gasteiger partial charge in [-0.1, -0.05) is 12.8 Å². The van der Waals surface area contributed by atoms with E-state index in [0.29, 0.717) is 25.9 Å². The lowest BCUT2D eigenvalue weighted by Crippen LogP contribution is -2.55. The summed E-state index contributed by atoms with van der Waals surface area (Å²) in [6.07, 6.45) is 6.90. The summed E-state index contributed by atoms with van der Waals surface area (Å²) in [6, 6.07) is 0.0749. The Morgan fingerprint density at radius 1 is 1.13 bits per heavy atom. The molecule has 0 aromatic rings. The molecule has 3 aliphatic rings. The standard InChI is InChI=1S/C16H29N3O3S/c1-16(17)9-3-2-4-14(16)15(20)18-12-7-10-19(11-8-12)23(21,22)13-5-6-13/h12-14H,2-11,17H2,1H3,(H,18,20). The second-order valence-corrected chi connectivity index (χ2v) is 9.94. The van der Waals surface area contributed by atoms with Gasteiger partial charge < -0.3 is 11.1 Å². The number of nitrogens with zero attached hydrogens (tertiary/aromatic N) is 1. The minimum atomic E-state index is -3.08. The van der Waals surface area contributed by atoms with Crippen LogP contribution in [0.5, 0.6) is 0 Å². The van der Waals surface area contributed by atoms with Crippen molar-refractivity contribution in [3.8, 4) is 0 Å². The van der Waals surface area contributed by atoms with Crippen molar-refractivity contribution >= 4 is 15.9 Å². The average molecular weight is 343 g/mol. The van der Waals surface area contributed by atoms with E-state index in [9.17, 15) is 13.2 Å². The van der Waals surface area contributed by atoms with Crippen LogP contribution in [0.3, 0.4) is 0 Å². The molecule has 0 aromatic carbocycles. The second kappa shape index (κ2) is 6.33. The predicted octanol–water partition coefficient (Wildman–Crippen LogP) is 0.967. The second-order valence-electron chi connectivity index (χ2n) is 7.73. The van der Waals surface area contributed by atoms with Gasteiger partial charge in [-0.2, -0.15) is 0 Å². The van der Waals surface area contributed by atoms with Crippen LogP contribution in [0.25, 0.3) is 0 Å². The number of sulfonamides is 1. The molecule has 1 saturated heterocycles. The van der Waals surface area contributed by atoms with Crippen LogP contribution in [0.4, 0.5) is 0 Å². The molecule has 6 nitrogen and oxygen atoms in total. The Hall–Kier alpha value is -0.660. The molecule has 3 N–H and O–H groups in total. The van der Waals surface area contributed by atoms with Crippen molar-refractivity contribution in [2.45, 2.75) is 75.1 Å². The van der Waals surface area contributed by atoms with Crippen molar-refractivity contribution in [1.29, 1.82) is 0 Å². The van der Waals surface area contributed by atoms with Crippen molar-refractivity contribution in [1.82, 2.24) is 9.62 Å². The number of nitrogens with one attached hydrogen (secondary N) is 1. The molecule has 7 heteroatoms. The molecular formula is C16H29N3O3S. The fraction of sp³-hybridized carbons (Fsp3) is 0.938. The van der Waals surface area contributed by atoms with Crippen LogP contribution in [0.1, 0.15) is 58.3 Å². The maximum atomic E-state index is 12.6. The van der Waals surface area contributed by atoms with Gasteiger partial charge in [0.2, 0.25) is 15.9 Å². The van der Waals surface area contributed by atoms with Crippen molar-refractivity contribution in [2.24, 2.45) is 11.7 Å². The minimum absolute atomic E-state index is 0.0539. The van der Waals surface area contributed by atoms with Gasteiger partial charge in [0.1, 0.15) is 0 Å². The SMILES string of the molecule is CC1(N)CCCCC1C(=O)NC1CCN(S(=O)(=O)C2CC2)CC1. The van der Waals surface area contributed by atoms with Gasteiger partial charge in [0.25, 0.3) is 0 Å². The van der Waals surface area contributed by atoms with Gasteiger partial charge in [-0.3, -0.25) is 4.79 Å². The fourth-order valence-corrected chi connectivity index (χ4v) is 5.80. The molecule has 2 saturated carbocycles. The van der Waals surface area contributed by atoms with Crippen LogP contribution in [-0.4, -0.2) is 48.6 Å². The first-order valence-electron chi connectivity index (χ1n) is 8.89. The Bertz CT molecular complexity index is 549. The summed E-state index contributed by atoms with van der Waals surface area (Å²) in [7, 11) is -3.08. The number of rotatable bonds is 4. The van der Waals surface area contributed by atoms with Crippen molar-refractivity contribution in [3.63, 3.8) is 0 Å². The number of piperidine rings is 1. The summed E-state index contributed by atoms with van der Waals surface area (Å²) < 4.78 is 26.1. The number of nitrogens with two attached hydrogens (primary N) is 1. The summed E-state index contributed by atoms with van der Waals surface area (Å²) in [6.45, 7) is 3.02. The summed E-state index contributed by atoms with van der Waals surface area (Å²) in [5.74, 6) is -0.0670. The Morgan fingerprint density at radius 2 is 1.78 bits per heavy atom. The highest BCUT2D eigenvalue weighted by Gasteiger charge is 2.42. The summed E-state index contributed by atoms with van der Waals surface area (Å²) in [4.78, 5) is 12.6. The highest BCUT2D eigenvalue weighted by molar-refractivity contribution is 7.90. The smallest absolute Gasteiger partial charge is 0.225 e. The van der Waals surface area contributed by atoms with E-state index in [0.717, 1.165) is 38.5 Å². The average Bonchev–Trinajstić information content (AvgIpc) is 3.32. The van der Waals surface area contributed by atoms with E-state index < -0.39 is 15.6 Å². The number of amides is 1. The quantitative estimate of drug-likeness (QED) is 0.795. The fourth-order valence-electron chi connectivity index (χ4n) is 3.92. The van der Waals surface area contributed by atoms with E-state index >= 15 is 0 Å². The molecule has 3 fully saturated rings. The topological polar surface area (TPSA) is 92.5 Å². The maximum absolute atomic E-state index is 12.6. The van der Waals surface area contributed by atoms with Crippen LogP contribution in [-0.2, 0) is 14.8 Å². The lowest BCUT2D eigenvalue weighted by Gasteiger charge is -2.39. The van der Waals surface area contributed by atoms with E-state index in [1.54, 1.807) is 4.31 Å². The Balaban J connectivity index is 1.51. The predicted molar refractivity (Wildman–Crippen MR) is 89.2 cm³/mol. The number of hydrogen-bond donors (Lipinski definition) is 2. The first kappa shape index (κ1) is 17.2. The third kappa shape index (κ3) is 3.72. The maximum Gasteiger partial charge on any atom is 0.225 e. The minimum Gasteiger partial charge on any atom is -0.353 e. The zero-order valence-electron chi connectivity index (χ0n) is 14.0. The van der Waals surface area contributed by atoms with Gasteiger partial charge in [-0.15, -0.1) is 0 Å². The van der Waals surface area contributed by atoms with Gasteiger partial charge in [-0.05, 0) is 45.4 Å². The molecule has 1 heterocycles. The first-order chi connectivity index (χ1) is 10.8. The highest BCUT2D eigenvalue weighted by Crippen LogP contribution is 2.33. The molecule has 3 rings (SSSR count). The summed E-state index contributed by atoms with van der Waals surface area (Å²) in [5, 5.41) is 2.98. The molecule has 0 spiro atoms. The number of hydrogen-bond acceptors (Lipinski definition) is 4. The largest absolute Gasteiger partial charge is 0.353 e. The van der Waals surface area contributed by atoms with Crippen LogP contribution in [0, 0.1) is 5.92 Å². The molecule has 1 aliphatic heterocycles. The van der Waals surface area contributed by atoms with Gasteiger partial charge in [0, 0.05) is 24.7 Å². The molecule has 2 atom stereocenters. The molecule has 1 amide bonds. The molecule has 0 radical (unpaired) electrons. The van der Waals surface area contributed by atoms with E-state index in [4.69, 9.17) is 5.73 Å². The highest BCUT2D eigenvalue weighted by atomic mass is 32.2. The lowest BCUT2D eigenvalue weighted by molar-refractivity contribution is -0.129. The monoisotopic (exact) mass is 343 g/mol. The molecule has 0 bridgehead atoms. The van der Waals surface area contributed by atoms with Gasteiger partial charge >= 0.3 is 0 Å². The summed E-state index contributed by atoms with van der Waals surface area (Å²) >= 11 is 0. The van der Waals surface area contributed by atoms with Gasteiger partial charge in [-0.25, -0.2) is 12.7 Å². The van der Waals surface area contributed by atoms with Crippen LogP contribution < -0.4 is 11.1 Å². The first-order valence-corrected chi connectivity index (χ1v) is 10.4. The molecule has 2 unspecified atom stereocenters. The lowest BCUT2D eigenvalue weighted by atomic mass is 9.74. The number of carbonyl (C=O) groups is 1. The zero-order chi connectivity index (χ0) is 16.7. The van der Waals surface area contributed by atoms with E-state index in [-0.39, 0.29) is 23.1 Å². The van der Waals surface area contributed by atoms with E-state index in [1.165, 1.54) is 0 Å². The third-order valence-electron chi connectivity index (χ3n) is 5.68. The Kier molecular flexibility index (Phi) is 4.73. The molecule has 23 heavy (non-hydrogen) atoms. The van der Waals surface area contributed by atoms with E-state index in [2.05, 4.69) is 5.32 Å². The van der Waals surface area contributed by atoms with Crippen molar-refractivity contribution < 1.29 is 13.2 Å². The van der Waals surface area contributed by atoms with Crippen LogP contribution in [0.15, 0.2) is 0 Å². The third-order valence-corrected chi connectivity index (χ3v) is 8.08. The van der Waals surface area contributed by atoms with Crippen LogP contribution in [0.2, 0.25) is 0 Å². The summed E-state index contributed by atoms with van der Waals surface area (Å²) in [5.41, 5.74) is 5.88. The number of carbonyl (C=O) groups excluding carboxylic acids is 1. The van der Waals surface area contributed by atoms with E-state index in [1.807, 2.05) is 6.92 Å². The van der Waals surface area contributed by atoms with Crippen LogP contribution >= 0.6 is 0 Å². The zero-order valence-corrected chi connectivity index (χ0v) is 14.8. The van der Waals surface area contributed by atoms with Gasteiger partial charge in [0.15, 0.2) is 0 Å². The van der Waals surface area contributed by atoms with Crippen molar-refractivity contribution in [2.75, 3.05) is 13.1 Å². The molecule has 0 aromatic heterocycles. The van der Waals surface area contributed by atoms with Gasteiger partial charge in [0.05, 0.1) is 11.2 Å². The van der Waals surface area contributed by atoms with Crippen molar-refractivity contribution in [3.05, 3.63) is 0 Å².